The lowest BCUT2D eigenvalue weighted by molar-refractivity contribution is 0.0696. The molecule has 1 aromatic heterocycles. The average Bonchev–Trinajstić information content (AvgIpc) is 2.38. The van der Waals surface area contributed by atoms with E-state index >= 15 is 0 Å². The number of carboxylic acid groups (broad SMARTS) is 1. The predicted octanol–water partition coefficient (Wildman–Crippen LogP) is 2.84. The van der Waals surface area contributed by atoms with Crippen molar-refractivity contribution in [2.24, 2.45) is 0 Å². The summed E-state index contributed by atoms with van der Waals surface area (Å²) < 4.78 is 13.6. The summed E-state index contributed by atoms with van der Waals surface area (Å²) >= 11 is 0. The van der Waals surface area contributed by atoms with Gasteiger partial charge in [0.15, 0.2) is 0 Å². The molecule has 0 aliphatic carbocycles. The maximum atomic E-state index is 13.6. The van der Waals surface area contributed by atoms with Crippen LogP contribution in [0.4, 0.5) is 10.1 Å². The molecule has 5 heteroatoms. The lowest BCUT2D eigenvalue weighted by Crippen LogP contribution is -2.06. The van der Waals surface area contributed by atoms with Crippen LogP contribution in [-0.4, -0.2) is 16.1 Å². The van der Waals surface area contributed by atoms with Crippen molar-refractivity contribution < 1.29 is 14.3 Å². The lowest BCUT2D eigenvalue weighted by atomic mass is 10.2. The highest BCUT2D eigenvalue weighted by Gasteiger charge is 2.06. The molecule has 98 valence electrons. The number of aromatic carboxylic acids is 1. The zero-order valence-corrected chi connectivity index (χ0v) is 10.4. The van der Waals surface area contributed by atoms with Crippen molar-refractivity contribution >= 4 is 11.7 Å². The zero-order valence-electron chi connectivity index (χ0n) is 10.4. The molecule has 0 spiro atoms. The fraction of sp³-hybridized carbons (Fsp3) is 0.143. The van der Waals surface area contributed by atoms with Crippen molar-refractivity contribution in [1.82, 2.24) is 4.98 Å². The van der Waals surface area contributed by atoms with Crippen LogP contribution >= 0.6 is 0 Å². The average molecular weight is 260 g/mol. The third kappa shape index (κ3) is 3.07. The fourth-order valence-electron chi connectivity index (χ4n) is 1.69. The molecule has 0 saturated heterocycles. The topological polar surface area (TPSA) is 62.2 Å². The van der Waals surface area contributed by atoms with Crippen LogP contribution in [0.2, 0.25) is 0 Å². The standard InChI is InChI=1S/C14H13FN2O2/c1-9-3-2-4-12(15)13(9)17-8-11-6-5-10(7-16-11)14(18)19/h2-7,17H,8H2,1H3,(H,18,19). The van der Waals surface area contributed by atoms with Gasteiger partial charge in [0.1, 0.15) is 5.82 Å². The summed E-state index contributed by atoms with van der Waals surface area (Å²) in [4.78, 5) is 14.7. The monoisotopic (exact) mass is 260 g/mol. The number of para-hydroxylation sites is 1. The van der Waals surface area contributed by atoms with Gasteiger partial charge in [-0.1, -0.05) is 12.1 Å². The first-order chi connectivity index (χ1) is 9.08. The van der Waals surface area contributed by atoms with Crippen LogP contribution in [0.1, 0.15) is 21.6 Å². The van der Waals surface area contributed by atoms with Crippen molar-refractivity contribution in [3.05, 3.63) is 59.2 Å². The Bertz CT molecular complexity index is 577. The zero-order chi connectivity index (χ0) is 13.8. The van der Waals surface area contributed by atoms with Gasteiger partial charge in [-0.2, -0.15) is 0 Å². The third-order valence-corrected chi connectivity index (χ3v) is 2.74. The molecule has 0 aliphatic heterocycles. The van der Waals surface area contributed by atoms with Crippen LogP contribution in [0.3, 0.4) is 0 Å². The lowest BCUT2D eigenvalue weighted by Gasteiger charge is -2.10. The number of hydrogen-bond acceptors (Lipinski definition) is 3. The van der Waals surface area contributed by atoms with Gasteiger partial charge in [0, 0.05) is 6.20 Å². The molecule has 0 amide bonds. The normalized spacial score (nSPS) is 10.2. The number of nitrogens with zero attached hydrogens (tertiary/aromatic N) is 1. The molecule has 2 N–H and O–H groups in total. The first-order valence-electron chi connectivity index (χ1n) is 5.75. The molecular weight excluding hydrogens is 247 g/mol. The van der Waals surface area contributed by atoms with Gasteiger partial charge in [0.05, 0.1) is 23.5 Å². The van der Waals surface area contributed by atoms with E-state index in [0.29, 0.717) is 17.9 Å². The van der Waals surface area contributed by atoms with E-state index < -0.39 is 5.97 Å². The van der Waals surface area contributed by atoms with E-state index in [-0.39, 0.29) is 11.4 Å². The largest absolute Gasteiger partial charge is 0.478 e. The molecule has 0 unspecified atom stereocenters. The maximum absolute atomic E-state index is 13.6. The molecule has 1 aromatic carbocycles. The molecule has 19 heavy (non-hydrogen) atoms. The molecule has 0 fully saturated rings. The van der Waals surface area contributed by atoms with E-state index in [4.69, 9.17) is 5.11 Å². The van der Waals surface area contributed by atoms with Gasteiger partial charge in [-0.3, -0.25) is 4.98 Å². The summed E-state index contributed by atoms with van der Waals surface area (Å²) in [6.07, 6.45) is 1.29. The fourth-order valence-corrected chi connectivity index (χ4v) is 1.69. The number of benzene rings is 1. The Morgan fingerprint density at radius 1 is 1.37 bits per heavy atom. The molecule has 1 heterocycles. The summed E-state index contributed by atoms with van der Waals surface area (Å²) in [6, 6.07) is 7.92. The molecule has 0 aliphatic rings. The van der Waals surface area contributed by atoms with E-state index in [1.807, 2.05) is 13.0 Å². The van der Waals surface area contributed by atoms with E-state index in [1.54, 1.807) is 12.1 Å². The molecule has 0 bridgehead atoms. The van der Waals surface area contributed by atoms with Gasteiger partial charge in [0.25, 0.3) is 0 Å². The van der Waals surface area contributed by atoms with Gasteiger partial charge < -0.3 is 10.4 Å². The van der Waals surface area contributed by atoms with Gasteiger partial charge in [-0.15, -0.1) is 0 Å². The molecule has 4 nitrogen and oxygen atoms in total. The molecule has 2 rings (SSSR count). The Morgan fingerprint density at radius 3 is 2.74 bits per heavy atom. The second kappa shape index (κ2) is 5.48. The second-order valence-electron chi connectivity index (χ2n) is 4.13. The SMILES string of the molecule is Cc1cccc(F)c1NCc1ccc(C(=O)O)cn1. The molecule has 0 radical (unpaired) electrons. The van der Waals surface area contributed by atoms with Crippen molar-refractivity contribution in [3.8, 4) is 0 Å². The van der Waals surface area contributed by atoms with Crippen molar-refractivity contribution in [2.45, 2.75) is 13.5 Å². The number of aromatic nitrogens is 1. The Morgan fingerprint density at radius 2 is 2.16 bits per heavy atom. The van der Waals surface area contributed by atoms with E-state index in [0.717, 1.165) is 5.56 Å². The van der Waals surface area contributed by atoms with Gasteiger partial charge in [-0.25, -0.2) is 9.18 Å². The number of nitrogens with one attached hydrogen (secondary N) is 1. The van der Waals surface area contributed by atoms with Crippen LogP contribution in [0.15, 0.2) is 36.5 Å². The van der Waals surface area contributed by atoms with E-state index in [1.165, 1.54) is 18.3 Å². The highest BCUT2D eigenvalue weighted by molar-refractivity contribution is 5.87. The van der Waals surface area contributed by atoms with E-state index in [2.05, 4.69) is 10.3 Å². The smallest absolute Gasteiger partial charge is 0.337 e. The molecule has 0 atom stereocenters. The van der Waals surface area contributed by atoms with E-state index in [9.17, 15) is 9.18 Å². The number of aryl methyl sites for hydroxylation is 1. The predicted molar refractivity (Wildman–Crippen MR) is 69.7 cm³/mol. The van der Waals surface area contributed by atoms with Crippen LogP contribution in [0.25, 0.3) is 0 Å². The third-order valence-electron chi connectivity index (χ3n) is 2.74. The summed E-state index contributed by atoms with van der Waals surface area (Å²) in [5, 5.41) is 11.7. The Hall–Kier alpha value is -2.43. The first kappa shape index (κ1) is 13.0. The van der Waals surface area contributed by atoms with Crippen molar-refractivity contribution in [2.75, 3.05) is 5.32 Å². The minimum atomic E-state index is -1.02. The Kier molecular flexibility index (Phi) is 3.75. The highest BCUT2D eigenvalue weighted by Crippen LogP contribution is 2.19. The minimum absolute atomic E-state index is 0.130. The number of halogens is 1. The number of rotatable bonds is 4. The molecule has 2 aromatic rings. The number of hydrogen-bond donors (Lipinski definition) is 2. The summed E-state index contributed by atoms with van der Waals surface area (Å²) in [5.74, 6) is -1.33. The second-order valence-corrected chi connectivity index (χ2v) is 4.13. The van der Waals surface area contributed by atoms with Gasteiger partial charge in [0.2, 0.25) is 0 Å². The van der Waals surface area contributed by atoms with Crippen LogP contribution in [0.5, 0.6) is 0 Å². The quantitative estimate of drug-likeness (QED) is 0.887. The molecule has 0 saturated carbocycles. The summed E-state index contributed by atoms with van der Waals surface area (Å²) in [7, 11) is 0. The number of carboxylic acids is 1. The Labute approximate surface area is 109 Å². The van der Waals surface area contributed by atoms with Gasteiger partial charge in [-0.05, 0) is 30.7 Å². The maximum Gasteiger partial charge on any atom is 0.337 e. The minimum Gasteiger partial charge on any atom is -0.478 e. The van der Waals surface area contributed by atoms with Crippen LogP contribution < -0.4 is 5.32 Å². The van der Waals surface area contributed by atoms with Crippen molar-refractivity contribution in [1.29, 1.82) is 0 Å². The highest BCUT2D eigenvalue weighted by atomic mass is 19.1. The van der Waals surface area contributed by atoms with Crippen molar-refractivity contribution in [3.63, 3.8) is 0 Å². The number of carbonyl (C=O) groups is 1. The number of pyridine rings is 1. The summed E-state index contributed by atoms with van der Waals surface area (Å²) in [6.45, 7) is 2.15. The Balaban J connectivity index is 2.08. The first-order valence-corrected chi connectivity index (χ1v) is 5.75. The molecular formula is C14H13FN2O2. The summed E-state index contributed by atoms with van der Waals surface area (Å²) in [5.41, 5.74) is 2.02. The van der Waals surface area contributed by atoms with Gasteiger partial charge >= 0.3 is 5.97 Å². The number of anilines is 1. The van der Waals surface area contributed by atoms with Crippen LogP contribution in [0, 0.1) is 12.7 Å². The van der Waals surface area contributed by atoms with Crippen LogP contribution in [-0.2, 0) is 6.54 Å².